The largest absolute Gasteiger partial charge is 0.326 e. The molecule has 0 atom stereocenters. The van der Waals surface area contributed by atoms with Crippen molar-refractivity contribution < 1.29 is 13.2 Å². The van der Waals surface area contributed by atoms with Crippen LogP contribution in [0.1, 0.15) is 52.5 Å². The molecular formula is C19H30N2O3S. The Morgan fingerprint density at radius 3 is 2.20 bits per heavy atom. The van der Waals surface area contributed by atoms with E-state index in [-0.39, 0.29) is 23.0 Å². The Labute approximate surface area is 151 Å². The van der Waals surface area contributed by atoms with Crippen molar-refractivity contribution in [3.8, 4) is 0 Å². The van der Waals surface area contributed by atoms with E-state index in [0.717, 1.165) is 5.69 Å². The van der Waals surface area contributed by atoms with Crippen LogP contribution in [0.5, 0.6) is 0 Å². The lowest BCUT2D eigenvalue weighted by atomic mass is 9.87. The summed E-state index contributed by atoms with van der Waals surface area (Å²) in [5.41, 5.74) is 2.10. The van der Waals surface area contributed by atoms with Crippen molar-refractivity contribution in [2.45, 2.75) is 52.4 Å². The summed E-state index contributed by atoms with van der Waals surface area (Å²) in [6.45, 7) is 9.19. The monoisotopic (exact) mass is 366 g/mol. The number of anilines is 1. The molecule has 0 aliphatic carbocycles. The SMILES string of the molecule is CCCS(=O)(=O)N1CCC(C(=O)Nc2ccc(C(C)(C)C)cc2)CC1. The van der Waals surface area contributed by atoms with Crippen LogP contribution in [0.4, 0.5) is 5.69 Å². The first-order valence-electron chi connectivity index (χ1n) is 9.02. The van der Waals surface area contributed by atoms with Crippen molar-refractivity contribution in [3.05, 3.63) is 29.8 Å². The van der Waals surface area contributed by atoms with Gasteiger partial charge in [0.15, 0.2) is 0 Å². The number of hydrogen-bond donors (Lipinski definition) is 1. The Balaban J connectivity index is 1.91. The third-order valence-electron chi connectivity index (χ3n) is 4.70. The highest BCUT2D eigenvalue weighted by atomic mass is 32.2. The highest BCUT2D eigenvalue weighted by molar-refractivity contribution is 7.89. The van der Waals surface area contributed by atoms with Crippen LogP contribution in [0.15, 0.2) is 24.3 Å². The maximum atomic E-state index is 12.5. The zero-order valence-electron chi connectivity index (χ0n) is 15.7. The summed E-state index contributed by atoms with van der Waals surface area (Å²) in [6.07, 6.45) is 1.77. The van der Waals surface area contributed by atoms with Crippen LogP contribution in [-0.2, 0) is 20.2 Å². The van der Waals surface area contributed by atoms with Gasteiger partial charge in [0.05, 0.1) is 5.75 Å². The third kappa shape index (κ3) is 5.28. The first-order valence-corrected chi connectivity index (χ1v) is 10.6. The molecule has 140 valence electrons. The second-order valence-corrected chi connectivity index (χ2v) is 9.89. The molecule has 0 unspecified atom stereocenters. The zero-order valence-corrected chi connectivity index (χ0v) is 16.5. The van der Waals surface area contributed by atoms with E-state index in [9.17, 15) is 13.2 Å². The Bertz CT molecular complexity index is 682. The molecule has 1 aliphatic heterocycles. The Hall–Kier alpha value is -1.40. The van der Waals surface area contributed by atoms with Gasteiger partial charge in [-0.3, -0.25) is 4.79 Å². The molecule has 1 amide bonds. The molecule has 1 aromatic rings. The van der Waals surface area contributed by atoms with Crippen LogP contribution in [0.2, 0.25) is 0 Å². The Morgan fingerprint density at radius 1 is 1.16 bits per heavy atom. The molecule has 1 aliphatic rings. The van der Waals surface area contributed by atoms with Gasteiger partial charge in [-0.25, -0.2) is 12.7 Å². The molecule has 1 aromatic carbocycles. The molecular weight excluding hydrogens is 336 g/mol. The van der Waals surface area contributed by atoms with Crippen molar-refractivity contribution in [1.82, 2.24) is 4.31 Å². The number of carbonyl (C=O) groups excluding carboxylic acids is 1. The number of rotatable bonds is 5. The van der Waals surface area contributed by atoms with Gasteiger partial charge in [-0.15, -0.1) is 0 Å². The quantitative estimate of drug-likeness (QED) is 0.869. The second kappa shape index (κ2) is 7.87. The summed E-state index contributed by atoms with van der Waals surface area (Å²) in [4.78, 5) is 12.5. The number of hydrogen-bond acceptors (Lipinski definition) is 3. The fourth-order valence-electron chi connectivity index (χ4n) is 3.08. The molecule has 1 heterocycles. The van der Waals surface area contributed by atoms with Gasteiger partial charge in [-0.05, 0) is 42.4 Å². The molecule has 1 N–H and O–H groups in total. The summed E-state index contributed by atoms with van der Waals surface area (Å²) >= 11 is 0. The molecule has 0 saturated carbocycles. The average Bonchev–Trinajstić information content (AvgIpc) is 2.54. The number of nitrogens with zero attached hydrogens (tertiary/aromatic N) is 1. The van der Waals surface area contributed by atoms with E-state index in [1.807, 2.05) is 31.2 Å². The summed E-state index contributed by atoms with van der Waals surface area (Å²) in [7, 11) is -3.16. The van der Waals surface area contributed by atoms with Crippen molar-refractivity contribution in [2.75, 3.05) is 24.2 Å². The second-order valence-electron chi connectivity index (χ2n) is 7.81. The summed E-state index contributed by atoms with van der Waals surface area (Å²) in [5, 5.41) is 2.96. The normalized spacial score (nSPS) is 17.4. The van der Waals surface area contributed by atoms with Crippen molar-refractivity contribution in [3.63, 3.8) is 0 Å². The first kappa shape index (κ1) is 19.9. The first-order chi connectivity index (χ1) is 11.6. The zero-order chi connectivity index (χ0) is 18.7. The number of amides is 1. The maximum absolute atomic E-state index is 12.5. The summed E-state index contributed by atoms with van der Waals surface area (Å²) < 4.78 is 25.7. The molecule has 0 aromatic heterocycles. The van der Waals surface area contributed by atoms with Crippen molar-refractivity contribution in [2.24, 2.45) is 5.92 Å². The third-order valence-corrected chi connectivity index (χ3v) is 6.77. The van der Waals surface area contributed by atoms with E-state index >= 15 is 0 Å². The van der Waals surface area contributed by atoms with Crippen molar-refractivity contribution in [1.29, 1.82) is 0 Å². The van der Waals surface area contributed by atoms with Crippen LogP contribution in [0.25, 0.3) is 0 Å². The number of piperidine rings is 1. The standard InChI is InChI=1S/C19H30N2O3S/c1-5-14-25(23,24)21-12-10-15(11-13-21)18(22)20-17-8-6-16(7-9-17)19(2,3)4/h6-9,15H,5,10-14H2,1-4H3,(H,20,22). The van der Waals surface area contributed by atoms with Crippen LogP contribution < -0.4 is 5.32 Å². The fraction of sp³-hybridized carbons (Fsp3) is 0.632. The molecule has 25 heavy (non-hydrogen) atoms. The van der Waals surface area contributed by atoms with Gasteiger partial charge < -0.3 is 5.32 Å². The predicted octanol–water partition coefficient (Wildman–Crippen LogP) is 3.37. The van der Waals surface area contributed by atoms with E-state index in [0.29, 0.717) is 32.4 Å². The molecule has 0 spiro atoms. The molecule has 1 saturated heterocycles. The summed E-state index contributed by atoms with van der Waals surface area (Å²) in [5.74, 6) is 0.0377. The molecule has 5 nitrogen and oxygen atoms in total. The van der Waals surface area contributed by atoms with Crippen molar-refractivity contribution >= 4 is 21.6 Å². The van der Waals surface area contributed by atoms with E-state index in [4.69, 9.17) is 0 Å². The maximum Gasteiger partial charge on any atom is 0.227 e. The van der Waals surface area contributed by atoms with E-state index in [1.54, 1.807) is 0 Å². The van der Waals surface area contributed by atoms with Gasteiger partial charge in [0.1, 0.15) is 0 Å². The molecule has 0 bridgehead atoms. The topological polar surface area (TPSA) is 66.5 Å². The minimum Gasteiger partial charge on any atom is -0.326 e. The minimum absolute atomic E-state index is 0.0175. The lowest BCUT2D eigenvalue weighted by molar-refractivity contribution is -0.120. The Kier molecular flexibility index (Phi) is 6.27. The van der Waals surface area contributed by atoms with E-state index in [2.05, 4.69) is 26.1 Å². The minimum atomic E-state index is -3.16. The van der Waals surface area contributed by atoms with Gasteiger partial charge in [0.2, 0.25) is 15.9 Å². The number of sulfonamides is 1. The highest BCUT2D eigenvalue weighted by Gasteiger charge is 2.30. The molecule has 0 radical (unpaired) electrons. The lowest BCUT2D eigenvalue weighted by Crippen LogP contribution is -2.42. The average molecular weight is 367 g/mol. The van der Waals surface area contributed by atoms with Crippen LogP contribution in [-0.4, -0.2) is 37.5 Å². The fourth-order valence-corrected chi connectivity index (χ4v) is 4.62. The highest BCUT2D eigenvalue weighted by Crippen LogP contribution is 2.25. The number of carbonyl (C=O) groups is 1. The Morgan fingerprint density at radius 2 is 1.72 bits per heavy atom. The van der Waals surface area contributed by atoms with E-state index < -0.39 is 10.0 Å². The number of nitrogens with one attached hydrogen (secondary N) is 1. The van der Waals surface area contributed by atoms with Gasteiger partial charge >= 0.3 is 0 Å². The van der Waals surface area contributed by atoms with Gasteiger partial charge in [-0.1, -0.05) is 39.8 Å². The predicted molar refractivity (Wildman–Crippen MR) is 102 cm³/mol. The lowest BCUT2D eigenvalue weighted by Gasteiger charge is -2.30. The van der Waals surface area contributed by atoms with Gasteiger partial charge in [0, 0.05) is 24.7 Å². The van der Waals surface area contributed by atoms with E-state index in [1.165, 1.54) is 9.87 Å². The van der Waals surface area contributed by atoms with Gasteiger partial charge in [0.25, 0.3) is 0 Å². The van der Waals surface area contributed by atoms with Crippen LogP contribution in [0, 0.1) is 5.92 Å². The van der Waals surface area contributed by atoms with Crippen LogP contribution >= 0.6 is 0 Å². The molecule has 1 fully saturated rings. The smallest absolute Gasteiger partial charge is 0.227 e. The summed E-state index contributed by atoms with van der Waals surface area (Å²) in [6, 6.07) is 7.93. The molecule has 6 heteroatoms. The van der Waals surface area contributed by atoms with Gasteiger partial charge in [-0.2, -0.15) is 0 Å². The van der Waals surface area contributed by atoms with Crippen LogP contribution in [0.3, 0.4) is 0 Å². The number of benzene rings is 1. The molecule has 2 rings (SSSR count).